The molecule has 2 N–H and O–H groups in total. The second kappa shape index (κ2) is 5.81. The van der Waals surface area contributed by atoms with E-state index in [1.165, 1.54) is 12.4 Å². The molecule has 0 unspecified atom stereocenters. The fourth-order valence-electron chi connectivity index (χ4n) is 2.30. The summed E-state index contributed by atoms with van der Waals surface area (Å²) in [6.07, 6.45) is 4.92. The van der Waals surface area contributed by atoms with Crippen molar-refractivity contribution in [2.24, 2.45) is 5.92 Å². The van der Waals surface area contributed by atoms with Crippen LogP contribution in [0.5, 0.6) is 0 Å². The van der Waals surface area contributed by atoms with Crippen LogP contribution in [-0.2, 0) is 10.0 Å². The zero-order valence-electron chi connectivity index (χ0n) is 10.6. The minimum absolute atomic E-state index is 0.200. The van der Waals surface area contributed by atoms with Crippen LogP contribution in [0.25, 0.3) is 0 Å². The van der Waals surface area contributed by atoms with Crippen LogP contribution in [0, 0.1) is 5.92 Å². The van der Waals surface area contributed by atoms with Crippen LogP contribution in [0.3, 0.4) is 0 Å². The third kappa shape index (κ3) is 3.30. The number of hydrogen-bond donors (Lipinski definition) is 2. The maximum atomic E-state index is 11.9. The van der Waals surface area contributed by atoms with E-state index in [2.05, 4.69) is 26.7 Å². The first-order valence-electron chi connectivity index (χ1n) is 6.32. The molecular formula is C11H20N4O2S. The number of likely N-dealkylation sites (tertiary alicyclic amines) is 1. The third-order valence-electron chi connectivity index (χ3n) is 3.26. The lowest BCUT2D eigenvalue weighted by atomic mass is 10.1. The third-order valence-corrected chi connectivity index (χ3v) is 4.65. The minimum Gasteiger partial charge on any atom is -0.303 e. The second-order valence-electron chi connectivity index (χ2n) is 4.74. The van der Waals surface area contributed by atoms with E-state index in [9.17, 15) is 8.42 Å². The number of nitrogens with zero attached hydrogens (tertiary/aromatic N) is 2. The van der Waals surface area contributed by atoms with Gasteiger partial charge in [0.1, 0.15) is 4.90 Å². The predicted octanol–water partition coefficient (Wildman–Crippen LogP) is 0.420. The number of sulfonamides is 1. The lowest BCUT2D eigenvalue weighted by Gasteiger charge is -2.14. The van der Waals surface area contributed by atoms with Gasteiger partial charge in [-0.1, -0.05) is 6.92 Å². The molecule has 0 aromatic carbocycles. The van der Waals surface area contributed by atoms with Crippen molar-refractivity contribution in [1.82, 2.24) is 19.8 Å². The highest BCUT2D eigenvalue weighted by Gasteiger charge is 2.24. The molecule has 1 aliphatic rings. The van der Waals surface area contributed by atoms with Gasteiger partial charge in [0, 0.05) is 19.3 Å². The molecular weight excluding hydrogens is 252 g/mol. The number of H-pyrrole nitrogens is 1. The number of rotatable bonds is 6. The van der Waals surface area contributed by atoms with Gasteiger partial charge in [-0.05, 0) is 31.8 Å². The Labute approximate surface area is 108 Å². The Morgan fingerprint density at radius 1 is 1.61 bits per heavy atom. The fraction of sp³-hybridized carbons (Fsp3) is 0.727. The highest BCUT2D eigenvalue weighted by atomic mass is 32.2. The van der Waals surface area contributed by atoms with Crippen molar-refractivity contribution in [2.75, 3.05) is 26.2 Å². The molecule has 2 heterocycles. The van der Waals surface area contributed by atoms with Gasteiger partial charge in [-0.2, -0.15) is 5.10 Å². The average Bonchev–Trinajstić information content (AvgIpc) is 2.98. The number of hydrogen-bond acceptors (Lipinski definition) is 4. The smallest absolute Gasteiger partial charge is 0.243 e. The number of aromatic amines is 1. The molecule has 1 aliphatic heterocycles. The van der Waals surface area contributed by atoms with Gasteiger partial charge in [0.25, 0.3) is 0 Å². The Morgan fingerprint density at radius 2 is 2.44 bits per heavy atom. The van der Waals surface area contributed by atoms with Gasteiger partial charge < -0.3 is 4.90 Å². The summed E-state index contributed by atoms with van der Waals surface area (Å²) >= 11 is 0. The maximum Gasteiger partial charge on any atom is 0.243 e. The maximum absolute atomic E-state index is 11.9. The molecule has 1 aromatic rings. The van der Waals surface area contributed by atoms with Gasteiger partial charge in [-0.15, -0.1) is 0 Å². The molecule has 7 heteroatoms. The van der Waals surface area contributed by atoms with E-state index >= 15 is 0 Å². The Kier molecular flexibility index (Phi) is 4.36. The first-order chi connectivity index (χ1) is 8.62. The van der Waals surface area contributed by atoms with Crippen LogP contribution in [-0.4, -0.2) is 49.7 Å². The van der Waals surface area contributed by atoms with E-state index < -0.39 is 10.0 Å². The summed E-state index contributed by atoms with van der Waals surface area (Å²) in [4.78, 5) is 2.59. The first kappa shape index (κ1) is 13.5. The lowest BCUT2D eigenvalue weighted by molar-refractivity contribution is 0.325. The van der Waals surface area contributed by atoms with E-state index in [0.29, 0.717) is 12.5 Å². The summed E-state index contributed by atoms with van der Waals surface area (Å²) in [6, 6.07) is 0. The molecule has 1 aromatic heterocycles. The van der Waals surface area contributed by atoms with Crippen molar-refractivity contribution >= 4 is 10.0 Å². The van der Waals surface area contributed by atoms with E-state index in [1.54, 1.807) is 0 Å². The molecule has 1 atom stereocenters. The van der Waals surface area contributed by atoms with Gasteiger partial charge in [0.15, 0.2) is 0 Å². The zero-order chi connectivity index (χ0) is 13.0. The van der Waals surface area contributed by atoms with Crippen molar-refractivity contribution in [3.8, 4) is 0 Å². The SMILES string of the molecule is CCCN1CC[C@H](CNS(=O)(=O)c2cn[nH]c2)C1. The van der Waals surface area contributed by atoms with Crippen LogP contribution in [0.2, 0.25) is 0 Å². The Hall–Kier alpha value is -0.920. The zero-order valence-corrected chi connectivity index (χ0v) is 11.4. The highest BCUT2D eigenvalue weighted by molar-refractivity contribution is 7.89. The van der Waals surface area contributed by atoms with Gasteiger partial charge >= 0.3 is 0 Å². The van der Waals surface area contributed by atoms with Gasteiger partial charge in [-0.25, -0.2) is 13.1 Å². The monoisotopic (exact) mass is 272 g/mol. The molecule has 102 valence electrons. The molecule has 18 heavy (non-hydrogen) atoms. The molecule has 0 bridgehead atoms. The topological polar surface area (TPSA) is 78.1 Å². The average molecular weight is 272 g/mol. The Balaban J connectivity index is 1.82. The van der Waals surface area contributed by atoms with E-state index in [1.807, 2.05) is 0 Å². The molecule has 6 nitrogen and oxygen atoms in total. The second-order valence-corrected chi connectivity index (χ2v) is 6.51. The quantitative estimate of drug-likeness (QED) is 0.787. The summed E-state index contributed by atoms with van der Waals surface area (Å²) in [6.45, 7) is 5.83. The van der Waals surface area contributed by atoms with Crippen LogP contribution < -0.4 is 4.72 Å². The van der Waals surface area contributed by atoms with Gasteiger partial charge in [-0.3, -0.25) is 5.10 Å². The Morgan fingerprint density at radius 3 is 3.11 bits per heavy atom. The van der Waals surface area contributed by atoms with Gasteiger partial charge in [0.05, 0.1) is 6.20 Å². The summed E-state index contributed by atoms with van der Waals surface area (Å²) < 4.78 is 26.4. The van der Waals surface area contributed by atoms with Crippen molar-refractivity contribution < 1.29 is 8.42 Å². The molecule has 0 aliphatic carbocycles. The molecule has 0 amide bonds. The van der Waals surface area contributed by atoms with Crippen LogP contribution in [0.4, 0.5) is 0 Å². The normalized spacial score (nSPS) is 21.5. The summed E-state index contributed by atoms with van der Waals surface area (Å²) in [5, 5.41) is 6.16. The summed E-state index contributed by atoms with van der Waals surface area (Å²) in [5.41, 5.74) is 0. The number of nitrogens with one attached hydrogen (secondary N) is 2. The van der Waals surface area contributed by atoms with Crippen molar-refractivity contribution in [2.45, 2.75) is 24.7 Å². The minimum atomic E-state index is -3.40. The Bertz CT molecular complexity index is 457. The highest BCUT2D eigenvalue weighted by Crippen LogP contribution is 2.16. The molecule has 1 fully saturated rings. The van der Waals surface area contributed by atoms with Crippen molar-refractivity contribution in [1.29, 1.82) is 0 Å². The molecule has 1 saturated heterocycles. The van der Waals surface area contributed by atoms with E-state index in [0.717, 1.165) is 32.5 Å². The summed E-state index contributed by atoms with van der Waals surface area (Å²) in [5.74, 6) is 0.415. The largest absolute Gasteiger partial charge is 0.303 e. The first-order valence-corrected chi connectivity index (χ1v) is 7.81. The predicted molar refractivity (Wildman–Crippen MR) is 68.6 cm³/mol. The van der Waals surface area contributed by atoms with Crippen molar-refractivity contribution in [3.63, 3.8) is 0 Å². The van der Waals surface area contributed by atoms with Crippen molar-refractivity contribution in [3.05, 3.63) is 12.4 Å². The van der Waals surface area contributed by atoms with E-state index in [-0.39, 0.29) is 4.90 Å². The fourth-order valence-corrected chi connectivity index (χ4v) is 3.32. The summed E-state index contributed by atoms with van der Waals surface area (Å²) in [7, 11) is -3.40. The van der Waals surface area contributed by atoms with Crippen LogP contribution in [0.1, 0.15) is 19.8 Å². The van der Waals surface area contributed by atoms with Gasteiger partial charge in [0.2, 0.25) is 10.0 Å². The molecule has 0 spiro atoms. The van der Waals surface area contributed by atoms with Crippen LogP contribution in [0.15, 0.2) is 17.3 Å². The molecule has 0 radical (unpaired) electrons. The molecule has 0 saturated carbocycles. The lowest BCUT2D eigenvalue weighted by Crippen LogP contribution is -2.31. The van der Waals surface area contributed by atoms with E-state index in [4.69, 9.17) is 0 Å². The molecule has 2 rings (SSSR count). The standard InChI is InChI=1S/C11H20N4O2S/c1-2-4-15-5-3-10(9-15)6-14-18(16,17)11-7-12-13-8-11/h7-8,10,14H,2-6,9H2,1H3,(H,12,13)/t10-/m1/s1. The number of aromatic nitrogens is 2. The van der Waals surface area contributed by atoms with Crippen LogP contribution >= 0.6 is 0 Å².